The summed E-state index contributed by atoms with van der Waals surface area (Å²) in [6.45, 7) is 0.463. The van der Waals surface area contributed by atoms with Crippen LogP contribution in [0.2, 0.25) is 0 Å². The van der Waals surface area contributed by atoms with E-state index in [-0.39, 0.29) is 6.61 Å². The van der Waals surface area contributed by atoms with Crippen LogP contribution in [-0.4, -0.2) is 32.2 Å². The summed E-state index contributed by atoms with van der Waals surface area (Å²) in [4.78, 5) is 10.4. The smallest absolute Gasteiger partial charge is 0.379 e. The van der Waals surface area contributed by atoms with Gasteiger partial charge < -0.3 is 9.47 Å². The molecule has 5 heteroatoms. The Morgan fingerprint density at radius 2 is 2.09 bits per heavy atom. The Bertz CT molecular complexity index is 136. The van der Waals surface area contributed by atoms with Crippen molar-refractivity contribution in [1.82, 2.24) is 0 Å². The Morgan fingerprint density at radius 1 is 1.55 bits per heavy atom. The van der Waals surface area contributed by atoms with Crippen molar-refractivity contribution in [1.29, 1.82) is 0 Å². The summed E-state index contributed by atoms with van der Waals surface area (Å²) in [5, 5.41) is 0. The molecule has 0 rings (SSSR count). The van der Waals surface area contributed by atoms with Gasteiger partial charge in [-0.05, 0) is 6.92 Å². The molecule has 11 heavy (non-hydrogen) atoms. The maximum atomic E-state index is 12.4. The quantitative estimate of drug-likeness (QED) is 0.583. The van der Waals surface area contributed by atoms with Gasteiger partial charge in [-0.3, -0.25) is 0 Å². The highest BCUT2D eigenvalue weighted by atomic mass is 19.3. The van der Waals surface area contributed by atoms with E-state index in [1.54, 1.807) is 0 Å². The van der Waals surface area contributed by atoms with Gasteiger partial charge in [0.25, 0.3) is 0 Å². The number of hydrogen-bond acceptors (Lipinski definition) is 3. The lowest BCUT2D eigenvalue weighted by atomic mass is 10.4. The molecule has 0 aliphatic heterocycles. The fourth-order valence-electron chi connectivity index (χ4n) is 0.477. The standard InChI is InChI=1S/C6H10F2O3/c1-3-11-5(9)6(7,8)4-10-2/h3-4H2,1-2H3. The molecule has 0 saturated heterocycles. The van der Waals surface area contributed by atoms with E-state index in [4.69, 9.17) is 0 Å². The lowest BCUT2D eigenvalue weighted by Crippen LogP contribution is -2.35. The first-order valence-corrected chi connectivity index (χ1v) is 3.08. The summed E-state index contributed by atoms with van der Waals surface area (Å²) >= 11 is 0. The van der Waals surface area contributed by atoms with Crippen LogP contribution in [0.3, 0.4) is 0 Å². The number of methoxy groups -OCH3 is 1. The molecule has 3 nitrogen and oxygen atoms in total. The van der Waals surface area contributed by atoms with Crippen molar-refractivity contribution < 1.29 is 23.0 Å². The fourth-order valence-corrected chi connectivity index (χ4v) is 0.477. The third-order valence-electron chi connectivity index (χ3n) is 0.900. The predicted molar refractivity (Wildman–Crippen MR) is 33.5 cm³/mol. The maximum absolute atomic E-state index is 12.4. The van der Waals surface area contributed by atoms with Gasteiger partial charge in [-0.1, -0.05) is 0 Å². The molecule has 0 fully saturated rings. The number of alkyl halides is 2. The van der Waals surface area contributed by atoms with Crippen LogP contribution in [0.15, 0.2) is 0 Å². The Kier molecular flexibility index (Phi) is 3.95. The molecule has 0 unspecified atom stereocenters. The largest absolute Gasteiger partial charge is 0.461 e. The number of esters is 1. The molecular weight excluding hydrogens is 158 g/mol. The second-order valence-corrected chi connectivity index (χ2v) is 1.86. The van der Waals surface area contributed by atoms with E-state index in [1.807, 2.05) is 0 Å². The number of hydrogen-bond donors (Lipinski definition) is 0. The second kappa shape index (κ2) is 4.23. The highest BCUT2D eigenvalue weighted by molar-refractivity contribution is 5.77. The van der Waals surface area contributed by atoms with Crippen LogP contribution in [-0.2, 0) is 14.3 Å². The number of ether oxygens (including phenoxy) is 2. The van der Waals surface area contributed by atoms with Gasteiger partial charge in [-0.25, -0.2) is 4.79 Å². The topological polar surface area (TPSA) is 35.5 Å². The van der Waals surface area contributed by atoms with E-state index in [0.29, 0.717) is 0 Å². The van der Waals surface area contributed by atoms with Crippen molar-refractivity contribution in [3.63, 3.8) is 0 Å². The molecule has 0 aromatic rings. The van der Waals surface area contributed by atoms with E-state index in [2.05, 4.69) is 9.47 Å². The lowest BCUT2D eigenvalue weighted by Gasteiger charge is -2.12. The van der Waals surface area contributed by atoms with Crippen LogP contribution >= 0.6 is 0 Å². The Balaban J connectivity index is 3.94. The lowest BCUT2D eigenvalue weighted by molar-refractivity contribution is -0.178. The SMILES string of the molecule is CCOC(=O)C(F)(F)COC. The van der Waals surface area contributed by atoms with Crippen LogP contribution in [0.4, 0.5) is 8.78 Å². The minimum atomic E-state index is -3.52. The number of carbonyl (C=O) groups excluding carboxylic acids is 1. The average molecular weight is 168 g/mol. The molecular formula is C6H10F2O3. The van der Waals surface area contributed by atoms with Gasteiger partial charge in [0, 0.05) is 7.11 Å². The Labute approximate surface area is 63.3 Å². The molecule has 0 amide bonds. The zero-order chi connectivity index (χ0) is 8.91. The van der Waals surface area contributed by atoms with Crippen LogP contribution in [0.1, 0.15) is 6.92 Å². The van der Waals surface area contributed by atoms with Crippen molar-refractivity contribution in [3.05, 3.63) is 0 Å². The van der Waals surface area contributed by atoms with Gasteiger partial charge >= 0.3 is 11.9 Å². The van der Waals surface area contributed by atoms with E-state index in [0.717, 1.165) is 7.11 Å². The molecule has 0 aliphatic carbocycles. The number of rotatable bonds is 4. The van der Waals surface area contributed by atoms with Crippen LogP contribution in [0.25, 0.3) is 0 Å². The zero-order valence-corrected chi connectivity index (χ0v) is 6.39. The van der Waals surface area contributed by atoms with E-state index >= 15 is 0 Å². The molecule has 0 atom stereocenters. The van der Waals surface area contributed by atoms with Crippen molar-refractivity contribution >= 4 is 5.97 Å². The number of halogens is 2. The zero-order valence-electron chi connectivity index (χ0n) is 6.39. The molecule has 0 aliphatic rings. The van der Waals surface area contributed by atoms with Crippen molar-refractivity contribution in [3.8, 4) is 0 Å². The van der Waals surface area contributed by atoms with E-state index in [1.165, 1.54) is 6.92 Å². The van der Waals surface area contributed by atoms with Crippen molar-refractivity contribution in [2.24, 2.45) is 0 Å². The third-order valence-corrected chi connectivity index (χ3v) is 0.900. The van der Waals surface area contributed by atoms with E-state index < -0.39 is 18.5 Å². The first-order valence-electron chi connectivity index (χ1n) is 3.08. The molecule has 0 aromatic heterocycles. The van der Waals surface area contributed by atoms with E-state index in [9.17, 15) is 13.6 Å². The minimum absolute atomic E-state index is 0.0574. The summed E-state index contributed by atoms with van der Waals surface area (Å²) in [6.07, 6.45) is 0. The van der Waals surface area contributed by atoms with Crippen molar-refractivity contribution in [2.75, 3.05) is 20.3 Å². The summed E-state index contributed by atoms with van der Waals surface area (Å²) < 4.78 is 33.0. The molecule has 0 heterocycles. The highest BCUT2D eigenvalue weighted by Crippen LogP contribution is 2.15. The first-order chi connectivity index (χ1) is 5.04. The summed E-state index contributed by atoms with van der Waals surface area (Å²) in [7, 11) is 1.09. The Hall–Kier alpha value is -0.710. The van der Waals surface area contributed by atoms with Crippen LogP contribution in [0.5, 0.6) is 0 Å². The molecule has 0 N–H and O–H groups in total. The molecule has 66 valence electrons. The molecule has 0 spiro atoms. The molecule has 0 radical (unpaired) electrons. The van der Waals surface area contributed by atoms with Gasteiger partial charge in [-0.2, -0.15) is 8.78 Å². The normalized spacial score (nSPS) is 11.3. The summed E-state index contributed by atoms with van der Waals surface area (Å²) in [5.41, 5.74) is 0. The fraction of sp³-hybridized carbons (Fsp3) is 0.833. The monoisotopic (exact) mass is 168 g/mol. The molecule has 0 aromatic carbocycles. The summed E-state index contributed by atoms with van der Waals surface area (Å²) in [6, 6.07) is 0. The van der Waals surface area contributed by atoms with Crippen molar-refractivity contribution in [2.45, 2.75) is 12.8 Å². The second-order valence-electron chi connectivity index (χ2n) is 1.86. The maximum Gasteiger partial charge on any atom is 0.379 e. The average Bonchev–Trinajstić information content (AvgIpc) is 1.88. The van der Waals surface area contributed by atoms with Crippen LogP contribution < -0.4 is 0 Å². The predicted octanol–water partition coefficient (Wildman–Crippen LogP) is 0.831. The Morgan fingerprint density at radius 3 is 2.45 bits per heavy atom. The van der Waals surface area contributed by atoms with Gasteiger partial charge in [-0.15, -0.1) is 0 Å². The van der Waals surface area contributed by atoms with Gasteiger partial charge in [0.15, 0.2) is 0 Å². The molecule has 0 bridgehead atoms. The summed E-state index contributed by atoms with van der Waals surface area (Å²) in [5.74, 6) is -5.06. The minimum Gasteiger partial charge on any atom is -0.461 e. The van der Waals surface area contributed by atoms with Gasteiger partial charge in [0.05, 0.1) is 6.61 Å². The highest BCUT2D eigenvalue weighted by Gasteiger charge is 2.40. The molecule has 0 saturated carbocycles. The van der Waals surface area contributed by atoms with Gasteiger partial charge in [0.1, 0.15) is 6.61 Å². The number of carbonyl (C=O) groups is 1. The first kappa shape index (κ1) is 10.3. The third kappa shape index (κ3) is 3.27. The van der Waals surface area contributed by atoms with Crippen LogP contribution in [0, 0.1) is 0 Å². The van der Waals surface area contributed by atoms with Gasteiger partial charge in [0.2, 0.25) is 0 Å².